The zero-order chi connectivity index (χ0) is 21.6. The summed E-state index contributed by atoms with van der Waals surface area (Å²) >= 11 is 0. The maximum atomic E-state index is 13.0. The number of rotatable bonds is 4. The molecule has 8 heteroatoms. The minimum atomic E-state index is -0.432. The molecule has 0 radical (unpaired) electrons. The molecule has 2 heterocycles. The Morgan fingerprint density at radius 3 is 2.37 bits per heavy atom. The molecule has 8 nitrogen and oxygen atoms in total. The van der Waals surface area contributed by atoms with Crippen LogP contribution < -0.4 is 11.2 Å². The van der Waals surface area contributed by atoms with Crippen molar-refractivity contribution in [2.24, 2.45) is 14.1 Å². The van der Waals surface area contributed by atoms with E-state index in [0.29, 0.717) is 34.3 Å². The maximum absolute atomic E-state index is 13.0. The number of aromatic nitrogens is 3. The van der Waals surface area contributed by atoms with E-state index in [1.54, 1.807) is 32.3 Å². The fourth-order valence-corrected chi connectivity index (χ4v) is 3.76. The summed E-state index contributed by atoms with van der Waals surface area (Å²) in [6.07, 6.45) is 1.76. The van der Waals surface area contributed by atoms with E-state index in [1.807, 2.05) is 34.9 Å². The number of nitro groups is 1. The first-order chi connectivity index (χ1) is 14.3. The average molecular weight is 404 g/mol. The fraction of sp³-hybridized carbons (Fsp3) is 0.182. The second kappa shape index (κ2) is 7.14. The molecule has 4 aromatic rings. The van der Waals surface area contributed by atoms with Crippen LogP contribution in [0.3, 0.4) is 0 Å². The molecule has 30 heavy (non-hydrogen) atoms. The van der Waals surface area contributed by atoms with E-state index in [0.717, 1.165) is 10.1 Å². The van der Waals surface area contributed by atoms with Gasteiger partial charge < -0.3 is 4.57 Å². The summed E-state index contributed by atoms with van der Waals surface area (Å²) in [6, 6.07) is 14.6. The monoisotopic (exact) mass is 404 g/mol. The zero-order valence-electron chi connectivity index (χ0n) is 16.8. The van der Waals surface area contributed by atoms with Gasteiger partial charge in [0.15, 0.2) is 0 Å². The third-order valence-electron chi connectivity index (χ3n) is 5.39. The first kappa shape index (κ1) is 19.4. The second-order valence-corrected chi connectivity index (χ2v) is 7.32. The van der Waals surface area contributed by atoms with E-state index in [9.17, 15) is 19.7 Å². The predicted octanol–water partition coefficient (Wildman–Crippen LogP) is 2.97. The lowest BCUT2D eigenvalue weighted by atomic mass is 10.1. The van der Waals surface area contributed by atoms with E-state index in [-0.39, 0.29) is 5.69 Å². The van der Waals surface area contributed by atoms with Crippen molar-refractivity contribution in [1.29, 1.82) is 0 Å². The van der Waals surface area contributed by atoms with Gasteiger partial charge in [-0.3, -0.25) is 24.0 Å². The van der Waals surface area contributed by atoms with Crippen LogP contribution in [0.25, 0.3) is 22.2 Å². The highest BCUT2D eigenvalue weighted by molar-refractivity contribution is 5.94. The highest BCUT2D eigenvalue weighted by Gasteiger charge is 2.21. The molecule has 0 saturated heterocycles. The molecule has 0 aliphatic heterocycles. The minimum Gasteiger partial charge on any atom is -0.340 e. The summed E-state index contributed by atoms with van der Waals surface area (Å²) in [5, 5.41) is 11.8. The van der Waals surface area contributed by atoms with Crippen LogP contribution in [0.1, 0.15) is 11.1 Å². The van der Waals surface area contributed by atoms with Gasteiger partial charge in [-0.25, -0.2) is 4.79 Å². The zero-order valence-corrected chi connectivity index (χ0v) is 16.8. The molecule has 0 N–H and O–H groups in total. The Labute approximate surface area is 171 Å². The third-order valence-corrected chi connectivity index (χ3v) is 5.39. The van der Waals surface area contributed by atoms with Crippen LogP contribution in [0.15, 0.2) is 64.3 Å². The largest absolute Gasteiger partial charge is 0.340 e. The molecular formula is C22H20N4O4. The Morgan fingerprint density at radius 1 is 1.00 bits per heavy atom. The number of hydrogen-bond acceptors (Lipinski definition) is 4. The molecule has 0 spiro atoms. The SMILES string of the molecule is Cc1ccc(-c2c3c(=O)n(C)c(=O)n(C)c3cn2Cc2ccccc2)cc1[N+](=O)[O-]. The van der Waals surface area contributed by atoms with E-state index in [2.05, 4.69) is 0 Å². The molecule has 152 valence electrons. The van der Waals surface area contributed by atoms with Gasteiger partial charge in [0.05, 0.1) is 21.5 Å². The van der Waals surface area contributed by atoms with Crippen molar-refractivity contribution >= 4 is 16.6 Å². The topological polar surface area (TPSA) is 92.1 Å². The van der Waals surface area contributed by atoms with Gasteiger partial charge in [0.25, 0.3) is 11.2 Å². The highest BCUT2D eigenvalue weighted by Crippen LogP contribution is 2.32. The van der Waals surface area contributed by atoms with E-state index >= 15 is 0 Å². The minimum absolute atomic E-state index is 0.0187. The van der Waals surface area contributed by atoms with Gasteiger partial charge in [0, 0.05) is 44.0 Å². The van der Waals surface area contributed by atoms with E-state index in [4.69, 9.17) is 0 Å². The Bertz CT molecular complexity index is 1410. The van der Waals surface area contributed by atoms with Crippen molar-refractivity contribution in [3.8, 4) is 11.3 Å². The van der Waals surface area contributed by atoms with Crippen LogP contribution in [0, 0.1) is 17.0 Å². The molecule has 2 aromatic heterocycles. The van der Waals surface area contributed by atoms with Gasteiger partial charge in [0.2, 0.25) is 0 Å². The summed E-state index contributed by atoms with van der Waals surface area (Å²) in [4.78, 5) is 36.5. The van der Waals surface area contributed by atoms with Crippen molar-refractivity contribution in [2.45, 2.75) is 13.5 Å². The highest BCUT2D eigenvalue weighted by atomic mass is 16.6. The van der Waals surface area contributed by atoms with Crippen LogP contribution in [0.2, 0.25) is 0 Å². The molecule has 0 unspecified atom stereocenters. The number of fused-ring (bicyclic) bond motifs is 1. The molecule has 0 saturated carbocycles. The number of hydrogen-bond donors (Lipinski definition) is 0. The van der Waals surface area contributed by atoms with E-state index in [1.165, 1.54) is 17.7 Å². The van der Waals surface area contributed by atoms with Crippen molar-refractivity contribution in [3.63, 3.8) is 0 Å². The maximum Gasteiger partial charge on any atom is 0.330 e. The molecule has 0 atom stereocenters. The number of nitro benzene ring substituents is 1. The predicted molar refractivity (Wildman–Crippen MR) is 115 cm³/mol. The second-order valence-electron chi connectivity index (χ2n) is 7.32. The molecule has 2 aromatic carbocycles. The van der Waals surface area contributed by atoms with Crippen LogP contribution in [0.4, 0.5) is 5.69 Å². The standard InChI is InChI=1S/C22H20N4O4/c1-14-9-10-16(11-17(14)26(29)30)20-19-18(23(2)22(28)24(3)21(19)27)13-25(20)12-15-7-5-4-6-8-15/h4-11,13H,12H2,1-3H3. The first-order valence-electron chi connectivity index (χ1n) is 9.37. The van der Waals surface area contributed by atoms with Gasteiger partial charge in [-0.15, -0.1) is 0 Å². The molecule has 4 rings (SSSR count). The summed E-state index contributed by atoms with van der Waals surface area (Å²) in [5.74, 6) is 0. The van der Waals surface area contributed by atoms with Crippen LogP contribution >= 0.6 is 0 Å². The number of nitrogens with zero attached hydrogens (tertiary/aromatic N) is 4. The van der Waals surface area contributed by atoms with Crippen molar-refractivity contribution in [1.82, 2.24) is 13.7 Å². The van der Waals surface area contributed by atoms with E-state index < -0.39 is 16.2 Å². The Hall–Kier alpha value is -3.94. The Kier molecular flexibility index (Phi) is 4.62. The summed E-state index contributed by atoms with van der Waals surface area (Å²) < 4.78 is 4.35. The van der Waals surface area contributed by atoms with Crippen LogP contribution in [-0.2, 0) is 20.6 Å². The first-order valence-corrected chi connectivity index (χ1v) is 9.37. The van der Waals surface area contributed by atoms with Crippen molar-refractivity contribution < 1.29 is 4.92 Å². The van der Waals surface area contributed by atoms with Gasteiger partial charge in [-0.05, 0) is 12.5 Å². The summed E-state index contributed by atoms with van der Waals surface area (Å²) in [7, 11) is 3.04. The van der Waals surface area contributed by atoms with Crippen molar-refractivity contribution in [3.05, 3.63) is 96.8 Å². The smallest absolute Gasteiger partial charge is 0.330 e. The lowest BCUT2D eigenvalue weighted by molar-refractivity contribution is -0.385. The van der Waals surface area contributed by atoms with Gasteiger partial charge in [-0.1, -0.05) is 42.5 Å². The fourth-order valence-electron chi connectivity index (χ4n) is 3.76. The van der Waals surface area contributed by atoms with Crippen molar-refractivity contribution in [2.75, 3.05) is 0 Å². The lowest BCUT2D eigenvalue weighted by Gasteiger charge is -2.11. The normalized spacial score (nSPS) is 11.2. The lowest BCUT2D eigenvalue weighted by Crippen LogP contribution is -2.36. The number of aryl methyl sites for hydroxylation is 2. The Balaban J connectivity index is 2.09. The van der Waals surface area contributed by atoms with Gasteiger partial charge >= 0.3 is 5.69 Å². The molecular weight excluding hydrogens is 384 g/mol. The molecule has 0 bridgehead atoms. The molecule has 0 fully saturated rings. The van der Waals surface area contributed by atoms with Crippen LogP contribution in [-0.4, -0.2) is 18.6 Å². The van der Waals surface area contributed by atoms with Gasteiger partial charge in [-0.2, -0.15) is 0 Å². The quantitative estimate of drug-likeness (QED) is 0.386. The molecule has 0 aliphatic rings. The third kappa shape index (κ3) is 3.02. The molecule has 0 amide bonds. The average Bonchev–Trinajstić information content (AvgIpc) is 3.11. The van der Waals surface area contributed by atoms with Gasteiger partial charge in [0.1, 0.15) is 0 Å². The summed E-state index contributed by atoms with van der Waals surface area (Å²) in [5.41, 5.74) is 2.25. The Morgan fingerprint density at radius 2 is 1.70 bits per heavy atom. The van der Waals surface area contributed by atoms with Crippen LogP contribution in [0.5, 0.6) is 0 Å². The summed E-state index contributed by atoms with van der Waals surface area (Å²) in [6.45, 7) is 2.12. The molecule has 0 aliphatic carbocycles. The number of benzene rings is 2.